The maximum Gasteiger partial charge on any atom is 0.242 e. The van der Waals surface area contributed by atoms with E-state index in [9.17, 15) is 16.8 Å². The van der Waals surface area contributed by atoms with Gasteiger partial charge in [-0.1, -0.05) is 12.1 Å². The van der Waals surface area contributed by atoms with Crippen molar-refractivity contribution >= 4 is 49.8 Å². The lowest BCUT2D eigenvalue weighted by molar-refractivity contribution is 0.520. The summed E-state index contributed by atoms with van der Waals surface area (Å²) in [6.07, 6.45) is 0.570. The molecule has 1 aromatic carbocycles. The molecule has 0 bridgehead atoms. The predicted molar refractivity (Wildman–Crippen MR) is 113 cm³/mol. The van der Waals surface area contributed by atoms with Crippen LogP contribution in [-0.2, 0) is 26.4 Å². The van der Waals surface area contributed by atoms with Gasteiger partial charge in [0.2, 0.25) is 10.0 Å². The zero-order chi connectivity index (χ0) is 18.7. The summed E-state index contributed by atoms with van der Waals surface area (Å²) in [6, 6.07) is 6.45. The highest BCUT2D eigenvalue weighted by molar-refractivity contribution is 14.0. The van der Waals surface area contributed by atoms with Gasteiger partial charge in [0.1, 0.15) is 0 Å². The molecule has 11 heteroatoms. The number of halogens is 1. The molecular weight excluding hydrogens is 491 g/mol. The second kappa shape index (κ2) is 9.33. The quantitative estimate of drug-likeness (QED) is 0.334. The monoisotopic (exact) mass is 516 g/mol. The molecule has 1 fully saturated rings. The topological polar surface area (TPSA) is 108 Å². The minimum atomic E-state index is -3.44. The first kappa shape index (κ1) is 23.1. The summed E-state index contributed by atoms with van der Waals surface area (Å²) in [4.78, 5) is 4.33. The number of sulfonamides is 1. The molecule has 1 atom stereocenters. The summed E-state index contributed by atoms with van der Waals surface area (Å²) in [5, 5.41) is 6.20. The summed E-state index contributed by atoms with van der Waals surface area (Å²) < 4.78 is 48.2. The van der Waals surface area contributed by atoms with Gasteiger partial charge in [0.05, 0.1) is 16.4 Å². The maximum absolute atomic E-state index is 12.0. The Balaban J connectivity index is 0.00000338. The average molecular weight is 516 g/mol. The first-order valence-corrected chi connectivity index (χ1v) is 11.1. The van der Waals surface area contributed by atoms with Crippen molar-refractivity contribution in [2.45, 2.75) is 23.9 Å². The standard InChI is InChI=1S/C15H24N4O4S2.HI/c1-16-15(18-13-8-9-24(20,21)11-13)17-10-12-4-6-14(7-5-12)25(22,23)19(2)3;/h4-7,13H,8-11H2,1-3H3,(H2,16,17,18);1H. The molecule has 1 saturated heterocycles. The van der Waals surface area contributed by atoms with Gasteiger partial charge in [0, 0.05) is 33.7 Å². The highest BCUT2D eigenvalue weighted by atomic mass is 127. The van der Waals surface area contributed by atoms with Gasteiger partial charge in [-0.2, -0.15) is 0 Å². The van der Waals surface area contributed by atoms with E-state index in [1.165, 1.54) is 18.4 Å². The van der Waals surface area contributed by atoms with E-state index in [1.54, 1.807) is 31.3 Å². The number of benzene rings is 1. The number of aliphatic imine (C=N–C) groups is 1. The number of rotatable bonds is 5. The molecule has 8 nitrogen and oxygen atoms in total. The lowest BCUT2D eigenvalue weighted by atomic mass is 10.2. The minimum Gasteiger partial charge on any atom is -0.353 e. The van der Waals surface area contributed by atoms with Crippen molar-refractivity contribution in [2.24, 2.45) is 4.99 Å². The molecule has 0 radical (unpaired) electrons. The molecule has 1 heterocycles. The van der Waals surface area contributed by atoms with E-state index in [1.807, 2.05) is 0 Å². The molecule has 0 aliphatic carbocycles. The van der Waals surface area contributed by atoms with Gasteiger partial charge in [-0.25, -0.2) is 21.1 Å². The van der Waals surface area contributed by atoms with Crippen molar-refractivity contribution in [3.8, 4) is 0 Å². The van der Waals surface area contributed by atoms with Crippen molar-refractivity contribution < 1.29 is 16.8 Å². The largest absolute Gasteiger partial charge is 0.353 e. The minimum absolute atomic E-state index is 0. The van der Waals surface area contributed by atoms with Gasteiger partial charge in [-0.3, -0.25) is 4.99 Å². The van der Waals surface area contributed by atoms with Crippen LogP contribution < -0.4 is 10.6 Å². The molecule has 0 amide bonds. The van der Waals surface area contributed by atoms with Crippen molar-refractivity contribution in [2.75, 3.05) is 32.6 Å². The van der Waals surface area contributed by atoms with Gasteiger partial charge in [0.15, 0.2) is 15.8 Å². The Morgan fingerprint density at radius 2 is 1.88 bits per heavy atom. The van der Waals surface area contributed by atoms with E-state index in [0.717, 1.165) is 5.56 Å². The Morgan fingerprint density at radius 1 is 1.27 bits per heavy atom. The Labute approximate surface area is 172 Å². The van der Waals surface area contributed by atoms with Gasteiger partial charge in [0.25, 0.3) is 0 Å². The van der Waals surface area contributed by atoms with E-state index in [0.29, 0.717) is 18.9 Å². The SMILES string of the molecule is CN=C(NCc1ccc(S(=O)(=O)N(C)C)cc1)NC1CCS(=O)(=O)C1.I. The lowest BCUT2D eigenvalue weighted by Crippen LogP contribution is -2.43. The van der Waals surface area contributed by atoms with Gasteiger partial charge < -0.3 is 10.6 Å². The van der Waals surface area contributed by atoms with Crippen molar-refractivity contribution in [1.29, 1.82) is 0 Å². The molecule has 26 heavy (non-hydrogen) atoms. The summed E-state index contributed by atoms with van der Waals surface area (Å²) in [7, 11) is -1.79. The van der Waals surface area contributed by atoms with E-state index >= 15 is 0 Å². The third-order valence-corrected chi connectivity index (χ3v) is 7.56. The van der Waals surface area contributed by atoms with E-state index < -0.39 is 19.9 Å². The molecular formula is C15H25IN4O4S2. The van der Waals surface area contributed by atoms with Gasteiger partial charge in [-0.05, 0) is 24.1 Å². The Bertz CT molecular complexity index is 837. The summed E-state index contributed by atoms with van der Waals surface area (Å²) in [5.41, 5.74) is 0.889. The van der Waals surface area contributed by atoms with Gasteiger partial charge in [-0.15, -0.1) is 24.0 Å². The molecule has 1 aliphatic heterocycles. The normalized spacial score (nSPS) is 19.8. The first-order chi connectivity index (χ1) is 11.6. The predicted octanol–water partition coefficient (Wildman–Crippen LogP) is 0.407. The zero-order valence-corrected chi connectivity index (χ0v) is 18.9. The highest BCUT2D eigenvalue weighted by Gasteiger charge is 2.28. The first-order valence-electron chi connectivity index (χ1n) is 7.83. The average Bonchev–Trinajstić information content (AvgIpc) is 2.90. The van der Waals surface area contributed by atoms with Crippen LogP contribution in [0.5, 0.6) is 0 Å². The Hall–Kier alpha value is -0.920. The van der Waals surface area contributed by atoms with Crippen molar-refractivity contribution in [1.82, 2.24) is 14.9 Å². The fraction of sp³-hybridized carbons (Fsp3) is 0.533. The van der Waals surface area contributed by atoms with Crippen LogP contribution in [-0.4, -0.2) is 65.8 Å². The molecule has 148 valence electrons. The number of hydrogen-bond acceptors (Lipinski definition) is 5. The number of hydrogen-bond donors (Lipinski definition) is 2. The molecule has 0 spiro atoms. The summed E-state index contributed by atoms with van der Waals surface area (Å²) in [5.74, 6) is 0.834. The third kappa shape index (κ3) is 6.06. The Morgan fingerprint density at radius 3 is 2.35 bits per heavy atom. The van der Waals surface area contributed by atoms with Crippen LogP contribution in [0.15, 0.2) is 34.2 Å². The number of nitrogens with one attached hydrogen (secondary N) is 2. The summed E-state index contributed by atoms with van der Waals surface area (Å²) in [6.45, 7) is 0.446. The number of nitrogens with zero attached hydrogens (tertiary/aromatic N) is 2. The third-order valence-electron chi connectivity index (χ3n) is 3.96. The van der Waals surface area contributed by atoms with E-state index in [-0.39, 0.29) is 46.4 Å². The maximum atomic E-state index is 12.0. The van der Waals surface area contributed by atoms with Crippen LogP contribution in [0, 0.1) is 0 Å². The van der Waals surface area contributed by atoms with Crippen molar-refractivity contribution in [3.05, 3.63) is 29.8 Å². The van der Waals surface area contributed by atoms with Crippen molar-refractivity contribution in [3.63, 3.8) is 0 Å². The Kier molecular flexibility index (Phi) is 8.30. The molecule has 1 aromatic rings. The fourth-order valence-electron chi connectivity index (χ4n) is 2.47. The fourth-order valence-corrected chi connectivity index (χ4v) is 5.05. The molecule has 0 aromatic heterocycles. The lowest BCUT2D eigenvalue weighted by Gasteiger charge is -2.16. The van der Waals surface area contributed by atoms with Crippen LogP contribution in [0.3, 0.4) is 0 Å². The van der Waals surface area contributed by atoms with Crippen LogP contribution in [0.4, 0.5) is 0 Å². The number of guanidine groups is 1. The zero-order valence-electron chi connectivity index (χ0n) is 15.0. The molecule has 2 N–H and O–H groups in total. The van der Waals surface area contributed by atoms with E-state index in [2.05, 4.69) is 15.6 Å². The molecule has 0 saturated carbocycles. The summed E-state index contributed by atoms with van der Waals surface area (Å²) >= 11 is 0. The molecule has 1 unspecified atom stereocenters. The van der Waals surface area contributed by atoms with Crippen LogP contribution in [0.25, 0.3) is 0 Å². The van der Waals surface area contributed by atoms with Crippen LogP contribution >= 0.6 is 24.0 Å². The van der Waals surface area contributed by atoms with Gasteiger partial charge >= 0.3 is 0 Å². The van der Waals surface area contributed by atoms with Crippen LogP contribution in [0.2, 0.25) is 0 Å². The second-order valence-corrected chi connectivity index (χ2v) is 10.5. The van der Waals surface area contributed by atoms with E-state index in [4.69, 9.17) is 0 Å². The highest BCUT2D eigenvalue weighted by Crippen LogP contribution is 2.14. The second-order valence-electron chi connectivity index (χ2n) is 6.10. The van der Waals surface area contributed by atoms with Crippen LogP contribution in [0.1, 0.15) is 12.0 Å². The molecule has 1 aliphatic rings. The molecule has 2 rings (SSSR count). The number of sulfone groups is 1. The smallest absolute Gasteiger partial charge is 0.242 e.